The molecule has 4 heteroatoms. The second kappa shape index (κ2) is 5.70. The van der Waals surface area contributed by atoms with Gasteiger partial charge in [-0.2, -0.15) is 0 Å². The molecule has 0 saturated heterocycles. The number of allylic oxidation sites excluding steroid dienone is 1. The molecule has 0 spiro atoms. The molecule has 0 heterocycles. The van der Waals surface area contributed by atoms with Crippen molar-refractivity contribution in [3.8, 4) is 0 Å². The zero-order valence-electron chi connectivity index (χ0n) is 8.29. The molecule has 0 radical (unpaired) electrons. The molecule has 0 saturated carbocycles. The van der Waals surface area contributed by atoms with E-state index < -0.39 is 12.0 Å². The Morgan fingerprint density at radius 3 is 3.14 bits per heavy atom. The largest absolute Gasteiger partial charge is 0.480 e. The van der Waals surface area contributed by atoms with Crippen molar-refractivity contribution < 1.29 is 9.90 Å². The second-order valence-electron chi connectivity index (χ2n) is 3.62. The fraction of sp³-hybridized carbons (Fsp3) is 0.700. The van der Waals surface area contributed by atoms with E-state index in [9.17, 15) is 4.79 Å². The lowest BCUT2D eigenvalue weighted by molar-refractivity contribution is -0.138. The van der Waals surface area contributed by atoms with Gasteiger partial charge in [-0.15, -0.1) is 0 Å². The summed E-state index contributed by atoms with van der Waals surface area (Å²) in [5.74, 6) is -0.786. The van der Waals surface area contributed by atoms with Crippen LogP contribution in [0.15, 0.2) is 11.6 Å². The maximum absolute atomic E-state index is 10.6. The van der Waals surface area contributed by atoms with Gasteiger partial charge >= 0.3 is 5.97 Å². The SMILES string of the molecule is C[C@H](NCC1=CCCCC1I)C(=O)O. The summed E-state index contributed by atoms with van der Waals surface area (Å²) in [5.41, 5.74) is 1.35. The number of rotatable bonds is 4. The van der Waals surface area contributed by atoms with Gasteiger partial charge < -0.3 is 10.4 Å². The minimum atomic E-state index is -0.786. The number of hydrogen-bond acceptors (Lipinski definition) is 2. The topological polar surface area (TPSA) is 49.3 Å². The smallest absolute Gasteiger partial charge is 0.320 e. The summed E-state index contributed by atoms with van der Waals surface area (Å²) in [4.78, 5) is 10.6. The van der Waals surface area contributed by atoms with Gasteiger partial charge in [-0.05, 0) is 31.8 Å². The highest BCUT2D eigenvalue weighted by Gasteiger charge is 2.16. The average Bonchev–Trinajstić information content (AvgIpc) is 2.16. The van der Waals surface area contributed by atoms with Gasteiger partial charge in [0, 0.05) is 10.5 Å². The Balaban J connectivity index is 2.36. The number of aliphatic carboxylic acids is 1. The third-order valence-corrected chi connectivity index (χ3v) is 3.88. The fourth-order valence-corrected chi connectivity index (χ4v) is 2.35. The summed E-state index contributed by atoms with van der Waals surface area (Å²) in [5, 5.41) is 11.7. The molecule has 3 nitrogen and oxygen atoms in total. The molecule has 0 fully saturated rings. The van der Waals surface area contributed by atoms with Crippen molar-refractivity contribution in [1.82, 2.24) is 5.32 Å². The average molecular weight is 309 g/mol. The Kier molecular flexibility index (Phi) is 4.88. The van der Waals surface area contributed by atoms with Crippen molar-refractivity contribution in [3.05, 3.63) is 11.6 Å². The summed E-state index contributed by atoms with van der Waals surface area (Å²) in [6.07, 6.45) is 5.85. The molecule has 1 unspecified atom stereocenters. The number of nitrogens with one attached hydrogen (secondary N) is 1. The van der Waals surface area contributed by atoms with Gasteiger partial charge in [-0.3, -0.25) is 4.79 Å². The molecule has 1 aliphatic carbocycles. The van der Waals surface area contributed by atoms with Crippen molar-refractivity contribution in [3.63, 3.8) is 0 Å². The summed E-state index contributed by atoms with van der Waals surface area (Å²) >= 11 is 2.43. The van der Waals surface area contributed by atoms with Crippen LogP contribution in [0.25, 0.3) is 0 Å². The lowest BCUT2D eigenvalue weighted by atomic mass is 9.99. The minimum absolute atomic E-state index is 0.457. The van der Waals surface area contributed by atoms with Crippen molar-refractivity contribution in [2.24, 2.45) is 0 Å². The monoisotopic (exact) mass is 309 g/mol. The first-order valence-electron chi connectivity index (χ1n) is 4.90. The highest BCUT2D eigenvalue weighted by molar-refractivity contribution is 14.1. The van der Waals surface area contributed by atoms with Gasteiger partial charge in [-0.25, -0.2) is 0 Å². The highest BCUT2D eigenvalue weighted by Crippen LogP contribution is 2.24. The first-order valence-corrected chi connectivity index (χ1v) is 6.15. The normalized spacial score (nSPS) is 24.1. The predicted octanol–water partition coefficient (Wildman–Crippen LogP) is 1.96. The molecule has 2 atom stereocenters. The molecule has 1 rings (SSSR count). The van der Waals surface area contributed by atoms with Crippen LogP contribution >= 0.6 is 22.6 Å². The first kappa shape index (κ1) is 12.0. The molecule has 80 valence electrons. The van der Waals surface area contributed by atoms with E-state index in [1.165, 1.54) is 18.4 Å². The van der Waals surface area contributed by atoms with E-state index in [-0.39, 0.29) is 0 Å². The van der Waals surface area contributed by atoms with Crippen LogP contribution < -0.4 is 5.32 Å². The molecule has 1 aliphatic rings. The van der Waals surface area contributed by atoms with Crippen LogP contribution in [0.4, 0.5) is 0 Å². The van der Waals surface area contributed by atoms with Crippen LogP contribution in [0, 0.1) is 0 Å². The number of alkyl halides is 1. The quantitative estimate of drug-likeness (QED) is 0.474. The minimum Gasteiger partial charge on any atom is -0.480 e. The number of carboxylic acids is 1. The molecular weight excluding hydrogens is 293 g/mol. The predicted molar refractivity (Wildman–Crippen MR) is 64.8 cm³/mol. The molecule has 0 aromatic rings. The van der Waals surface area contributed by atoms with Gasteiger partial charge in [0.1, 0.15) is 6.04 Å². The van der Waals surface area contributed by atoms with Crippen LogP contribution in [0.1, 0.15) is 26.2 Å². The number of halogens is 1. The van der Waals surface area contributed by atoms with Crippen LogP contribution in [0.3, 0.4) is 0 Å². The standard InChI is InChI=1S/C10H16INO2/c1-7(10(13)14)12-6-8-4-2-3-5-9(8)11/h4,7,9,12H,2-3,5-6H2,1H3,(H,13,14)/t7-,9?/m0/s1. The molecule has 0 aliphatic heterocycles. The van der Waals surface area contributed by atoms with Crippen molar-refractivity contribution in [2.75, 3.05) is 6.54 Å². The van der Waals surface area contributed by atoms with Crippen LogP contribution in [0.2, 0.25) is 0 Å². The van der Waals surface area contributed by atoms with Crippen LogP contribution in [-0.4, -0.2) is 27.6 Å². The Morgan fingerprint density at radius 2 is 2.57 bits per heavy atom. The lowest BCUT2D eigenvalue weighted by Gasteiger charge is -2.20. The maximum Gasteiger partial charge on any atom is 0.320 e. The summed E-state index contributed by atoms with van der Waals surface area (Å²) in [6.45, 7) is 2.38. The third kappa shape index (κ3) is 3.57. The van der Waals surface area contributed by atoms with Crippen LogP contribution in [-0.2, 0) is 4.79 Å². The van der Waals surface area contributed by atoms with Crippen LogP contribution in [0.5, 0.6) is 0 Å². The number of carbonyl (C=O) groups is 1. The Bertz CT molecular complexity index is 240. The van der Waals surface area contributed by atoms with Crippen molar-refractivity contribution in [2.45, 2.75) is 36.2 Å². The molecule has 2 N–H and O–H groups in total. The van der Waals surface area contributed by atoms with E-state index in [0.29, 0.717) is 10.5 Å². The van der Waals surface area contributed by atoms with Crippen molar-refractivity contribution in [1.29, 1.82) is 0 Å². The van der Waals surface area contributed by atoms with Gasteiger partial charge in [-0.1, -0.05) is 28.7 Å². The maximum atomic E-state index is 10.6. The Morgan fingerprint density at radius 1 is 1.86 bits per heavy atom. The fourth-order valence-electron chi connectivity index (χ4n) is 1.44. The first-order chi connectivity index (χ1) is 6.61. The third-order valence-electron chi connectivity index (χ3n) is 2.45. The molecule has 0 bridgehead atoms. The lowest BCUT2D eigenvalue weighted by Crippen LogP contribution is -2.36. The molecule has 0 aromatic carbocycles. The zero-order valence-corrected chi connectivity index (χ0v) is 10.5. The molecular formula is C10H16INO2. The summed E-state index contributed by atoms with van der Waals surface area (Å²) in [6, 6.07) is -0.457. The highest BCUT2D eigenvalue weighted by atomic mass is 127. The summed E-state index contributed by atoms with van der Waals surface area (Å²) < 4.78 is 0.579. The second-order valence-corrected chi connectivity index (χ2v) is 5.12. The van der Waals surface area contributed by atoms with Crippen molar-refractivity contribution >= 4 is 28.6 Å². The van der Waals surface area contributed by atoms with E-state index in [1.807, 2.05) is 0 Å². The van der Waals surface area contributed by atoms with E-state index in [4.69, 9.17) is 5.11 Å². The number of carboxylic acid groups (broad SMARTS) is 1. The van der Waals surface area contributed by atoms with E-state index >= 15 is 0 Å². The Labute approximate surface area is 98.1 Å². The van der Waals surface area contributed by atoms with E-state index in [2.05, 4.69) is 34.0 Å². The van der Waals surface area contributed by atoms with Gasteiger partial charge in [0.25, 0.3) is 0 Å². The van der Waals surface area contributed by atoms with Gasteiger partial charge in [0.15, 0.2) is 0 Å². The van der Waals surface area contributed by atoms with Gasteiger partial charge in [0.2, 0.25) is 0 Å². The molecule has 0 amide bonds. The number of hydrogen-bond donors (Lipinski definition) is 2. The Hall–Kier alpha value is -0.100. The zero-order chi connectivity index (χ0) is 10.6. The van der Waals surface area contributed by atoms with Gasteiger partial charge in [0.05, 0.1) is 0 Å². The van der Waals surface area contributed by atoms with E-state index in [1.54, 1.807) is 6.92 Å². The van der Waals surface area contributed by atoms with E-state index in [0.717, 1.165) is 6.42 Å². The molecule has 14 heavy (non-hydrogen) atoms. The summed E-state index contributed by atoms with van der Waals surface area (Å²) in [7, 11) is 0. The molecule has 0 aromatic heterocycles.